The van der Waals surface area contributed by atoms with Gasteiger partial charge in [-0.15, -0.1) is 0 Å². The Kier molecular flexibility index (Phi) is 3.63. The fourth-order valence-electron chi connectivity index (χ4n) is 1.87. The molecule has 96 valence electrons. The Labute approximate surface area is 109 Å². The lowest BCUT2D eigenvalue weighted by Gasteiger charge is -2.28. The van der Waals surface area contributed by atoms with Crippen LogP contribution in [0, 0.1) is 5.82 Å². The van der Waals surface area contributed by atoms with Crippen LogP contribution in [0.4, 0.5) is 4.39 Å². The predicted octanol–water partition coefficient (Wildman–Crippen LogP) is 1.46. The lowest BCUT2D eigenvalue weighted by Crippen LogP contribution is -2.50. The van der Waals surface area contributed by atoms with Gasteiger partial charge in [0, 0.05) is 6.42 Å². The highest BCUT2D eigenvalue weighted by Gasteiger charge is 2.32. The fourth-order valence-corrected chi connectivity index (χ4v) is 2.05. The van der Waals surface area contributed by atoms with Crippen molar-refractivity contribution in [3.8, 4) is 0 Å². The van der Waals surface area contributed by atoms with Crippen LogP contribution in [0.3, 0.4) is 0 Å². The first-order valence-corrected chi connectivity index (χ1v) is 5.91. The van der Waals surface area contributed by atoms with Crippen LogP contribution in [0.25, 0.3) is 0 Å². The van der Waals surface area contributed by atoms with Crippen molar-refractivity contribution in [2.45, 2.75) is 25.4 Å². The van der Waals surface area contributed by atoms with Gasteiger partial charge in [0.1, 0.15) is 5.82 Å². The maximum absolute atomic E-state index is 13.3. The van der Waals surface area contributed by atoms with Gasteiger partial charge in [-0.3, -0.25) is 14.5 Å². The van der Waals surface area contributed by atoms with Gasteiger partial charge in [-0.25, -0.2) is 4.39 Å². The van der Waals surface area contributed by atoms with Crippen LogP contribution in [-0.4, -0.2) is 22.8 Å². The summed E-state index contributed by atoms with van der Waals surface area (Å²) in [7, 11) is 0. The molecule has 1 aromatic carbocycles. The van der Waals surface area contributed by atoms with Crippen LogP contribution in [-0.2, 0) is 16.1 Å². The van der Waals surface area contributed by atoms with Crippen molar-refractivity contribution in [3.63, 3.8) is 0 Å². The summed E-state index contributed by atoms with van der Waals surface area (Å²) in [5.41, 5.74) is 6.00. The molecule has 1 fully saturated rings. The molecule has 0 radical (unpaired) electrons. The monoisotopic (exact) mass is 270 g/mol. The summed E-state index contributed by atoms with van der Waals surface area (Å²) in [4.78, 5) is 24.5. The first kappa shape index (κ1) is 13.0. The van der Waals surface area contributed by atoms with Crippen molar-refractivity contribution in [2.24, 2.45) is 5.73 Å². The third-order valence-corrected chi connectivity index (χ3v) is 3.34. The second-order valence-electron chi connectivity index (χ2n) is 4.18. The van der Waals surface area contributed by atoms with E-state index in [4.69, 9.17) is 17.3 Å². The quantitative estimate of drug-likeness (QED) is 0.828. The second-order valence-corrected chi connectivity index (χ2v) is 4.55. The van der Waals surface area contributed by atoms with Crippen molar-refractivity contribution >= 4 is 23.4 Å². The van der Waals surface area contributed by atoms with Crippen LogP contribution >= 0.6 is 11.6 Å². The number of nitrogens with zero attached hydrogens (tertiary/aromatic N) is 1. The molecule has 2 N–H and O–H groups in total. The highest BCUT2D eigenvalue weighted by Crippen LogP contribution is 2.23. The molecule has 2 rings (SSSR count). The Morgan fingerprint density at radius 2 is 2.17 bits per heavy atom. The normalized spacial score (nSPS) is 20.4. The van der Waals surface area contributed by atoms with Crippen LogP contribution in [0.5, 0.6) is 0 Å². The van der Waals surface area contributed by atoms with Gasteiger partial charge in [0.25, 0.3) is 0 Å². The number of rotatable bonds is 2. The Hall–Kier alpha value is -1.46. The first-order valence-electron chi connectivity index (χ1n) is 5.53. The molecule has 1 aliphatic heterocycles. The number of benzene rings is 1. The van der Waals surface area contributed by atoms with Gasteiger partial charge in [-0.2, -0.15) is 0 Å². The van der Waals surface area contributed by atoms with Gasteiger partial charge in [-0.05, 0) is 18.1 Å². The molecule has 1 unspecified atom stereocenters. The Morgan fingerprint density at radius 3 is 2.89 bits per heavy atom. The summed E-state index contributed by atoms with van der Waals surface area (Å²) in [6.45, 7) is -0.0397. The first-order chi connectivity index (χ1) is 8.50. The van der Waals surface area contributed by atoms with Crippen molar-refractivity contribution in [1.82, 2.24) is 4.90 Å². The number of carbonyl (C=O) groups excluding carboxylic acids is 2. The average molecular weight is 271 g/mol. The van der Waals surface area contributed by atoms with Crippen LogP contribution in [0.15, 0.2) is 18.2 Å². The predicted molar refractivity (Wildman–Crippen MR) is 64.2 cm³/mol. The molecule has 4 nitrogen and oxygen atoms in total. The molecular formula is C12H12ClFN2O2. The number of likely N-dealkylation sites (tertiary alicyclic amines) is 1. The van der Waals surface area contributed by atoms with Gasteiger partial charge >= 0.3 is 0 Å². The summed E-state index contributed by atoms with van der Waals surface area (Å²) >= 11 is 5.79. The van der Waals surface area contributed by atoms with Gasteiger partial charge in [0.15, 0.2) is 0 Å². The minimum Gasteiger partial charge on any atom is -0.320 e. The van der Waals surface area contributed by atoms with E-state index in [2.05, 4.69) is 0 Å². The molecular weight excluding hydrogens is 259 g/mol. The molecule has 1 aromatic rings. The van der Waals surface area contributed by atoms with E-state index in [0.717, 1.165) is 4.90 Å². The van der Waals surface area contributed by atoms with Crippen molar-refractivity contribution in [1.29, 1.82) is 0 Å². The molecule has 1 saturated heterocycles. The van der Waals surface area contributed by atoms with Gasteiger partial charge in [0.2, 0.25) is 11.8 Å². The highest BCUT2D eigenvalue weighted by molar-refractivity contribution is 6.31. The zero-order valence-electron chi connectivity index (χ0n) is 9.53. The number of imide groups is 1. The van der Waals surface area contributed by atoms with E-state index < -0.39 is 17.8 Å². The molecule has 0 aliphatic carbocycles. The molecule has 2 amide bonds. The number of hydrogen-bond donors (Lipinski definition) is 1. The highest BCUT2D eigenvalue weighted by atomic mass is 35.5. The van der Waals surface area contributed by atoms with Gasteiger partial charge in [-0.1, -0.05) is 23.7 Å². The molecule has 0 aromatic heterocycles. The zero-order chi connectivity index (χ0) is 13.3. The largest absolute Gasteiger partial charge is 0.320 e. The van der Waals surface area contributed by atoms with E-state index in [9.17, 15) is 14.0 Å². The van der Waals surface area contributed by atoms with Crippen LogP contribution in [0.2, 0.25) is 5.02 Å². The molecule has 6 heteroatoms. The van der Waals surface area contributed by atoms with Crippen molar-refractivity contribution in [2.75, 3.05) is 0 Å². The molecule has 0 bridgehead atoms. The molecule has 1 atom stereocenters. The molecule has 1 aliphatic rings. The number of halogens is 2. The summed E-state index contributed by atoms with van der Waals surface area (Å²) in [6, 6.07) is 3.61. The SMILES string of the molecule is NC1CCC(=O)N(Cc2cccc(F)c2Cl)C1=O. The molecule has 0 spiro atoms. The van der Waals surface area contributed by atoms with Crippen molar-refractivity contribution < 1.29 is 14.0 Å². The van der Waals surface area contributed by atoms with Crippen LogP contribution < -0.4 is 5.73 Å². The van der Waals surface area contributed by atoms with Crippen molar-refractivity contribution in [3.05, 3.63) is 34.6 Å². The maximum atomic E-state index is 13.3. The fraction of sp³-hybridized carbons (Fsp3) is 0.333. The van der Waals surface area contributed by atoms with E-state index in [1.165, 1.54) is 12.1 Å². The summed E-state index contributed by atoms with van der Waals surface area (Å²) in [5.74, 6) is -1.32. The van der Waals surface area contributed by atoms with Gasteiger partial charge < -0.3 is 5.73 Å². The number of nitrogens with two attached hydrogens (primary N) is 1. The third kappa shape index (κ3) is 2.37. The smallest absolute Gasteiger partial charge is 0.246 e. The topological polar surface area (TPSA) is 63.4 Å². The van der Waals surface area contributed by atoms with Gasteiger partial charge in [0.05, 0.1) is 17.6 Å². The lowest BCUT2D eigenvalue weighted by atomic mass is 10.0. The third-order valence-electron chi connectivity index (χ3n) is 2.91. The number of carbonyl (C=O) groups is 2. The van der Waals surface area contributed by atoms with E-state index >= 15 is 0 Å². The molecule has 0 saturated carbocycles. The Morgan fingerprint density at radius 1 is 1.44 bits per heavy atom. The van der Waals surface area contributed by atoms with E-state index in [0.29, 0.717) is 12.0 Å². The Bertz CT molecular complexity index is 507. The average Bonchev–Trinajstić information content (AvgIpc) is 2.35. The van der Waals surface area contributed by atoms with Crippen LogP contribution in [0.1, 0.15) is 18.4 Å². The van der Waals surface area contributed by atoms with E-state index in [1.54, 1.807) is 6.07 Å². The summed E-state index contributed by atoms with van der Waals surface area (Å²) in [5, 5.41) is -0.0720. The standard InChI is InChI=1S/C12H12ClFN2O2/c13-11-7(2-1-3-8(11)14)6-16-10(17)5-4-9(15)12(16)18/h1-3,9H,4-6,15H2. The number of hydrogen-bond acceptors (Lipinski definition) is 3. The Balaban J connectivity index is 2.24. The molecule has 1 heterocycles. The molecule has 18 heavy (non-hydrogen) atoms. The number of piperidine rings is 1. The zero-order valence-corrected chi connectivity index (χ0v) is 10.3. The maximum Gasteiger partial charge on any atom is 0.246 e. The van der Waals surface area contributed by atoms with E-state index in [-0.39, 0.29) is 23.9 Å². The minimum atomic E-state index is -0.671. The lowest BCUT2D eigenvalue weighted by molar-refractivity contribution is -0.149. The second kappa shape index (κ2) is 5.04. The summed E-state index contributed by atoms with van der Waals surface area (Å²) < 4.78 is 13.3. The van der Waals surface area contributed by atoms with E-state index in [1.807, 2.05) is 0 Å². The minimum absolute atomic E-state index is 0.0397. The summed E-state index contributed by atoms with van der Waals surface area (Å²) in [6.07, 6.45) is 0.574. The number of amides is 2.